The number of nitrogens with zero attached hydrogens (tertiary/aromatic N) is 2. The van der Waals surface area contributed by atoms with Crippen LogP contribution in [-0.4, -0.2) is 62.1 Å². The van der Waals surface area contributed by atoms with E-state index in [1.54, 1.807) is 0 Å². The third kappa shape index (κ3) is 4.30. The summed E-state index contributed by atoms with van der Waals surface area (Å²) in [5.74, 6) is -1.29. The van der Waals surface area contributed by atoms with Gasteiger partial charge in [-0.25, -0.2) is 0 Å². The van der Waals surface area contributed by atoms with Crippen LogP contribution in [0.1, 0.15) is 34.1 Å². The average molecular weight is 410 g/mol. The molecule has 2 saturated heterocycles. The molecular weight excluding hydrogens is 380 g/mol. The third-order valence-corrected chi connectivity index (χ3v) is 6.99. The van der Waals surface area contributed by atoms with Gasteiger partial charge in [0, 0.05) is 38.4 Å². The Bertz CT molecular complexity index is 714. The van der Waals surface area contributed by atoms with Gasteiger partial charge in [-0.1, -0.05) is 12.1 Å². The summed E-state index contributed by atoms with van der Waals surface area (Å²) in [5.41, 5.74) is 1.40. The first-order valence-corrected chi connectivity index (χ1v) is 10.5. The lowest BCUT2D eigenvalue weighted by Gasteiger charge is -2.36. The Morgan fingerprint density at radius 3 is 2.00 bits per heavy atom. The number of hydrogen-bond acceptors (Lipinski definition) is 4. The van der Waals surface area contributed by atoms with Crippen LogP contribution in [0.4, 0.5) is 18.9 Å². The van der Waals surface area contributed by atoms with Crippen molar-refractivity contribution in [2.24, 2.45) is 11.8 Å². The van der Waals surface area contributed by atoms with Crippen molar-refractivity contribution in [3.63, 3.8) is 0 Å². The largest absolute Gasteiger partial charge is 0.494 e. The molecule has 2 aliphatic heterocycles. The highest BCUT2D eigenvalue weighted by Gasteiger charge is 2.55. The molecule has 3 aliphatic rings. The van der Waals surface area contributed by atoms with E-state index in [2.05, 4.69) is 21.9 Å². The Balaban J connectivity index is 1.29. The van der Waals surface area contributed by atoms with Gasteiger partial charge in [-0.2, -0.15) is 13.2 Å². The number of hydrogen-bond donors (Lipinski definition) is 0. The highest BCUT2D eigenvalue weighted by molar-refractivity contribution is 6.62. The molecule has 0 bridgehead atoms. The maximum atomic E-state index is 12.7. The van der Waals surface area contributed by atoms with E-state index < -0.39 is 12.1 Å². The second-order valence-corrected chi connectivity index (χ2v) is 9.61. The monoisotopic (exact) mass is 410 g/mol. The van der Waals surface area contributed by atoms with Crippen molar-refractivity contribution in [2.75, 3.05) is 37.6 Å². The molecule has 2 unspecified atom stereocenters. The number of alkyl halides is 3. The molecule has 29 heavy (non-hydrogen) atoms. The predicted octanol–water partition coefficient (Wildman–Crippen LogP) is 3.31. The van der Waals surface area contributed by atoms with E-state index in [-0.39, 0.29) is 24.2 Å². The van der Waals surface area contributed by atoms with Crippen molar-refractivity contribution in [2.45, 2.75) is 51.5 Å². The summed E-state index contributed by atoms with van der Waals surface area (Å²) in [7, 11) is -0.369. The normalized spacial score (nSPS) is 29.3. The van der Waals surface area contributed by atoms with E-state index in [1.807, 2.05) is 39.8 Å². The van der Waals surface area contributed by atoms with Crippen LogP contribution < -0.4 is 10.4 Å². The van der Waals surface area contributed by atoms with Crippen molar-refractivity contribution < 1.29 is 22.5 Å². The predicted molar refractivity (Wildman–Crippen MR) is 108 cm³/mol. The fraction of sp³-hybridized carbons (Fsp3) is 0.714. The van der Waals surface area contributed by atoms with Gasteiger partial charge in [-0.15, -0.1) is 0 Å². The molecule has 1 saturated carbocycles. The molecule has 1 aliphatic carbocycles. The maximum absolute atomic E-state index is 12.7. The van der Waals surface area contributed by atoms with Crippen LogP contribution in [0, 0.1) is 11.8 Å². The van der Waals surface area contributed by atoms with Crippen LogP contribution in [0.3, 0.4) is 0 Å². The first-order chi connectivity index (χ1) is 13.5. The minimum absolute atomic E-state index is 0.208. The topological polar surface area (TPSA) is 24.9 Å². The lowest BCUT2D eigenvalue weighted by atomic mass is 9.79. The molecule has 2 heterocycles. The van der Waals surface area contributed by atoms with Gasteiger partial charge >= 0.3 is 13.3 Å². The van der Waals surface area contributed by atoms with Gasteiger partial charge in [0.25, 0.3) is 0 Å². The summed E-state index contributed by atoms with van der Waals surface area (Å²) in [4.78, 5) is 4.46. The van der Waals surface area contributed by atoms with Crippen LogP contribution in [0.5, 0.6) is 0 Å². The summed E-state index contributed by atoms with van der Waals surface area (Å²) in [6.07, 6.45) is -3.73. The lowest BCUT2D eigenvalue weighted by molar-refractivity contribution is -0.151. The van der Waals surface area contributed by atoms with Gasteiger partial charge in [0.2, 0.25) is 0 Å². The molecule has 4 rings (SSSR count). The molecule has 0 radical (unpaired) electrons. The van der Waals surface area contributed by atoms with Crippen LogP contribution in [0.2, 0.25) is 0 Å². The standard InChI is InChI=1S/C21H30BF3N2O2/c1-19(2)20(3,4)29-22(28-19)16-5-7-17(8-6-16)27-11-9-26(10-12-27)14-15-13-18(15)21(23,24)25/h5-8,15,18H,9-14H2,1-4H3. The van der Waals surface area contributed by atoms with Gasteiger partial charge in [0.15, 0.2) is 0 Å². The second-order valence-electron chi connectivity index (χ2n) is 9.61. The molecule has 4 nitrogen and oxygen atoms in total. The molecule has 3 fully saturated rings. The summed E-state index contributed by atoms with van der Waals surface area (Å²) in [6.45, 7) is 12.0. The number of rotatable bonds is 4. The molecule has 8 heteroatoms. The fourth-order valence-electron chi connectivity index (χ4n) is 4.19. The first-order valence-electron chi connectivity index (χ1n) is 10.5. The molecule has 2 atom stereocenters. The van der Waals surface area contributed by atoms with Crippen LogP contribution in [-0.2, 0) is 9.31 Å². The zero-order chi connectivity index (χ0) is 21.0. The van der Waals surface area contributed by atoms with Crippen LogP contribution in [0.15, 0.2) is 24.3 Å². The maximum Gasteiger partial charge on any atom is 0.494 e. The summed E-state index contributed by atoms with van der Waals surface area (Å²) in [5, 5.41) is 0. The molecule has 1 aromatic rings. The summed E-state index contributed by atoms with van der Waals surface area (Å²) >= 11 is 0. The molecule has 0 aromatic heterocycles. The van der Waals surface area contributed by atoms with Crippen molar-refractivity contribution in [1.29, 1.82) is 0 Å². The number of halogens is 3. The second kappa shape index (κ2) is 7.17. The first kappa shape index (κ1) is 21.0. The van der Waals surface area contributed by atoms with Crippen molar-refractivity contribution >= 4 is 18.3 Å². The molecular formula is C21H30BF3N2O2. The molecule has 0 spiro atoms. The zero-order valence-electron chi connectivity index (χ0n) is 17.6. The van der Waals surface area contributed by atoms with E-state index in [1.165, 1.54) is 0 Å². The van der Waals surface area contributed by atoms with Crippen LogP contribution in [0.25, 0.3) is 0 Å². The van der Waals surface area contributed by atoms with Crippen LogP contribution >= 0.6 is 0 Å². The Labute approximate surface area is 171 Å². The van der Waals surface area contributed by atoms with Crippen molar-refractivity contribution in [1.82, 2.24) is 4.90 Å². The highest BCUT2D eigenvalue weighted by atomic mass is 19.4. The van der Waals surface area contributed by atoms with Gasteiger partial charge in [0.1, 0.15) is 0 Å². The molecule has 160 valence electrons. The van der Waals surface area contributed by atoms with Gasteiger partial charge in [-0.3, -0.25) is 4.90 Å². The Hall–Kier alpha value is -1.25. The SMILES string of the molecule is CC1(C)OB(c2ccc(N3CCN(CC4CC4C(F)(F)F)CC3)cc2)OC1(C)C. The average Bonchev–Trinajstić information content (AvgIpc) is 3.37. The highest BCUT2D eigenvalue weighted by Crippen LogP contribution is 2.50. The van der Waals surface area contributed by atoms with E-state index >= 15 is 0 Å². The van der Waals surface area contributed by atoms with Crippen molar-refractivity contribution in [3.8, 4) is 0 Å². The number of piperazine rings is 1. The summed E-state index contributed by atoms with van der Waals surface area (Å²) < 4.78 is 50.3. The van der Waals surface area contributed by atoms with E-state index in [0.29, 0.717) is 13.0 Å². The number of benzene rings is 1. The molecule has 1 aromatic carbocycles. The molecule has 0 amide bonds. The third-order valence-electron chi connectivity index (χ3n) is 6.99. The van der Waals surface area contributed by atoms with Crippen molar-refractivity contribution in [3.05, 3.63) is 24.3 Å². The fourth-order valence-corrected chi connectivity index (χ4v) is 4.19. The van der Waals surface area contributed by atoms with Gasteiger partial charge in [-0.05, 0) is 57.6 Å². The minimum atomic E-state index is -4.02. The Kier molecular flexibility index (Phi) is 5.19. The molecule has 0 N–H and O–H groups in total. The van der Waals surface area contributed by atoms with E-state index in [9.17, 15) is 13.2 Å². The van der Waals surface area contributed by atoms with Gasteiger partial charge in [0.05, 0.1) is 17.1 Å². The minimum Gasteiger partial charge on any atom is -0.399 e. The van der Waals surface area contributed by atoms with E-state index in [0.717, 1.165) is 37.3 Å². The Morgan fingerprint density at radius 2 is 1.52 bits per heavy atom. The number of anilines is 1. The smallest absolute Gasteiger partial charge is 0.399 e. The van der Waals surface area contributed by atoms with E-state index in [4.69, 9.17) is 9.31 Å². The zero-order valence-corrected chi connectivity index (χ0v) is 17.6. The Morgan fingerprint density at radius 1 is 0.966 bits per heavy atom. The lowest BCUT2D eigenvalue weighted by Crippen LogP contribution is -2.47. The quantitative estimate of drug-likeness (QED) is 0.712. The van der Waals surface area contributed by atoms with Gasteiger partial charge < -0.3 is 14.2 Å². The summed E-state index contributed by atoms with van der Waals surface area (Å²) in [6, 6.07) is 8.25.